The van der Waals surface area contributed by atoms with Crippen LogP contribution in [0.25, 0.3) is 5.76 Å². The van der Waals surface area contributed by atoms with Crippen LogP contribution in [-0.4, -0.2) is 16.8 Å². The van der Waals surface area contributed by atoms with Gasteiger partial charge in [0.15, 0.2) is 0 Å². The van der Waals surface area contributed by atoms with Crippen LogP contribution in [0.1, 0.15) is 17.2 Å². The Kier molecular flexibility index (Phi) is 4.91. The lowest BCUT2D eigenvalue weighted by Gasteiger charge is -2.25. The van der Waals surface area contributed by atoms with Gasteiger partial charge in [0.25, 0.3) is 11.7 Å². The third-order valence-corrected chi connectivity index (χ3v) is 5.00. The van der Waals surface area contributed by atoms with E-state index >= 15 is 0 Å². The number of anilines is 1. The Morgan fingerprint density at radius 2 is 1.62 bits per heavy atom. The van der Waals surface area contributed by atoms with Gasteiger partial charge in [-0.2, -0.15) is 0 Å². The average molecular weight is 408 g/mol. The molecule has 0 spiro atoms. The second-order valence-electron chi connectivity index (χ2n) is 6.57. The summed E-state index contributed by atoms with van der Waals surface area (Å²) in [5.41, 5.74) is 1.24. The molecule has 0 bridgehead atoms. The Hall–Kier alpha value is -3.44. The molecule has 1 saturated heterocycles. The molecule has 6 heteroatoms. The summed E-state index contributed by atoms with van der Waals surface area (Å²) in [6, 6.07) is 19.6. The topological polar surface area (TPSA) is 57.6 Å². The van der Waals surface area contributed by atoms with Gasteiger partial charge in [-0.05, 0) is 35.9 Å². The van der Waals surface area contributed by atoms with Crippen molar-refractivity contribution in [2.45, 2.75) is 6.04 Å². The molecule has 1 fully saturated rings. The number of carbonyl (C=O) groups excluding carboxylic acids is 2. The molecule has 1 atom stereocenters. The van der Waals surface area contributed by atoms with Crippen LogP contribution in [-0.2, 0) is 9.59 Å². The number of aliphatic hydroxyl groups excluding tert-OH is 1. The summed E-state index contributed by atoms with van der Waals surface area (Å²) < 4.78 is 13.5. The van der Waals surface area contributed by atoms with Gasteiger partial charge in [0.2, 0.25) is 0 Å². The number of hydrogen-bond acceptors (Lipinski definition) is 3. The molecule has 3 aromatic carbocycles. The number of carbonyl (C=O) groups is 2. The Balaban J connectivity index is 1.96. The Morgan fingerprint density at radius 3 is 2.28 bits per heavy atom. The van der Waals surface area contributed by atoms with Crippen molar-refractivity contribution in [3.8, 4) is 0 Å². The molecule has 3 aromatic rings. The first-order chi connectivity index (χ1) is 14.0. The van der Waals surface area contributed by atoms with Gasteiger partial charge < -0.3 is 5.11 Å². The molecule has 0 saturated carbocycles. The molecule has 4 nitrogen and oxygen atoms in total. The highest BCUT2D eigenvalue weighted by Gasteiger charge is 2.46. The van der Waals surface area contributed by atoms with E-state index in [1.807, 2.05) is 0 Å². The zero-order valence-electron chi connectivity index (χ0n) is 15.0. The lowest BCUT2D eigenvalue weighted by atomic mass is 9.95. The van der Waals surface area contributed by atoms with Gasteiger partial charge in [0.1, 0.15) is 11.6 Å². The van der Waals surface area contributed by atoms with Crippen molar-refractivity contribution in [1.29, 1.82) is 0 Å². The Labute approximate surface area is 171 Å². The zero-order valence-corrected chi connectivity index (χ0v) is 15.8. The normalized spacial score (nSPS) is 18.3. The van der Waals surface area contributed by atoms with E-state index in [1.165, 1.54) is 29.2 Å². The van der Waals surface area contributed by atoms with Gasteiger partial charge in [0, 0.05) is 16.3 Å². The van der Waals surface area contributed by atoms with Crippen LogP contribution in [0.3, 0.4) is 0 Å². The monoisotopic (exact) mass is 407 g/mol. The predicted molar refractivity (Wildman–Crippen MR) is 109 cm³/mol. The average Bonchev–Trinajstić information content (AvgIpc) is 2.99. The van der Waals surface area contributed by atoms with Crippen LogP contribution in [0.5, 0.6) is 0 Å². The highest BCUT2D eigenvalue weighted by molar-refractivity contribution is 6.51. The van der Waals surface area contributed by atoms with Crippen LogP contribution >= 0.6 is 11.6 Å². The molecule has 1 unspecified atom stereocenters. The van der Waals surface area contributed by atoms with Crippen molar-refractivity contribution in [3.63, 3.8) is 0 Å². The summed E-state index contributed by atoms with van der Waals surface area (Å²) >= 11 is 6.08. The quantitative estimate of drug-likeness (QED) is 0.373. The highest BCUT2D eigenvalue weighted by atomic mass is 35.5. The van der Waals surface area contributed by atoms with Crippen LogP contribution in [0.4, 0.5) is 10.1 Å². The van der Waals surface area contributed by atoms with Crippen molar-refractivity contribution in [1.82, 2.24) is 0 Å². The number of aliphatic hydroxyl groups is 1. The minimum absolute atomic E-state index is 0.0622. The first kappa shape index (κ1) is 18.9. The number of rotatable bonds is 3. The summed E-state index contributed by atoms with van der Waals surface area (Å²) in [5, 5.41) is 11.3. The fourth-order valence-corrected chi connectivity index (χ4v) is 3.62. The molecule has 1 amide bonds. The molecular formula is C23H15ClFNO3. The molecule has 1 heterocycles. The van der Waals surface area contributed by atoms with E-state index in [9.17, 15) is 19.1 Å². The summed E-state index contributed by atoms with van der Waals surface area (Å²) in [5.74, 6) is -2.35. The summed E-state index contributed by atoms with van der Waals surface area (Å²) in [7, 11) is 0. The summed E-state index contributed by atoms with van der Waals surface area (Å²) in [6.45, 7) is 0. The number of amides is 1. The summed E-state index contributed by atoms with van der Waals surface area (Å²) in [6.07, 6.45) is 0. The van der Waals surface area contributed by atoms with Crippen molar-refractivity contribution in [3.05, 3.63) is 106 Å². The van der Waals surface area contributed by atoms with E-state index in [2.05, 4.69) is 0 Å². The molecule has 0 radical (unpaired) electrons. The minimum Gasteiger partial charge on any atom is -0.507 e. The molecule has 144 valence electrons. The molecule has 0 aromatic heterocycles. The Bertz CT molecular complexity index is 1130. The molecule has 4 rings (SSSR count). The molecular weight excluding hydrogens is 393 g/mol. The highest BCUT2D eigenvalue weighted by Crippen LogP contribution is 2.42. The SMILES string of the molecule is O=C1C(=O)N(c2cccc(Cl)c2)C(c2ccc(F)cc2)/C1=C(/O)c1ccccc1. The van der Waals surface area contributed by atoms with Gasteiger partial charge in [0.05, 0.1) is 11.6 Å². The molecule has 1 aliphatic heterocycles. The number of Topliss-reactive ketones (excluding diaryl/α,β-unsaturated/α-hetero) is 1. The first-order valence-electron chi connectivity index (χ1n) is 8.85. The lowest BCUT2D eigenvalue weighted by molar-refractivity contribution is -0.132. The van der Waals surface area contributed by atoms with Crippen LogP contribution < -0.4 is 4.90 Å². The third kappa shape index (κ3) is 3.41. The van der Waals surface area contributed by atoms with Crippen molar-refractivity contribution in [2.75, 3.05) is 4.90 Å². The van der Waals surface area contributed by atoms with E-state index < -0.39 is 23.5 Å². The number of benzene rings is 3. The van der Waals surface area contributed by atoms with Crippen LogP contribution in [0, 0.1) is 5.82 Å². The molecule has 0 aliphatic carbocycles. The second-order valence-corrected chi connectivity index (χ2v) is 7.00. The molecule has 1 aliphatic rings. The van der Waals surface area contributed by atoms with E-state index in [1.54, 1.807) is 54.6 Å². The number of ketones is 1. The lowest BCUT2D eigenvalue weighted by Crippen LogP contribution is -2.29. The summed E-state index contributed by atoms with van der Waals surface area (Å²) in [4.78, 5) is 27.1. The van der Waals surface area contributed by atoms with Crippen molar-refractivity contribution < 1.29 is 19.1 Å². The van der Waals surface area contributed by atoms with Gasteiger partial charge in [-0.1, -0.05) is 60.1 Å². The Morgan fingerprint density at radius 1 is 0.931 bits per heavy atom. The van der Waals surface area contributed by atoms with Gasteiger partial charge in [-0.25, -0.2) is 4.39 Å². The van der Waals surface area contributed by atoms with E-state index in [4.69, 9.17) is 11.6 Å². The van der Waals surface area contributed by atoms with Crippen molar-refractivity contribution >= 4 is 34.7 Å². The largest absolute Gasteiger partial charge is 0.507 e. The van der Waals surface area contributed by atoms with E-state index in [-0.39, 0.29) is 11.3 Å². The van der Waals surface area contributed by atoms with Gasteiger partial charge in [-0.3, -0.25) is 14.5 Å². The second kappa shape index (κ2) is 7.53. The number of hydrogen-bond donors (Lipinski definition) is 1. The van der Waals surface area contributed by atoms with Gasteiger partial charge >= 0.3 is 0 Å². The maximum Gasteiger partial charge on any atom is 0.300 e. The standard InChI is InChI=1S/C23H15ClFNO3/c24-16-7-4-8-18(13-16)26-20(14-9-11-17(25)12-10-14)19(22(28)23(26)29)21(27)15-5-2-1-3-6-15/h1-13,20,27H/b21-19-. The van der Waals surface area contributed by atoms with Crippen molar-refractivity contribution in [2.24, 2.45) is 0 Å². The smallest absolute Gasteiger partial charge is 0.300 e. The zero-order chi connectivity index (χ0) is 20.5. The maximum atomic E-state index is 13.5. The fourth-order valence-electron chi connectivity index (χ4n) is 3.44. The molecule has 29 heavy (non-hydrogen) atoms. The van der Waals surface area contributed by atoms with Crippen LogP contribution in [0.15, 0.2) is 84.4 Å². The fraction of sp³-hybridized carbons (Fsp3) is 0.0435. The van der Waals surface area contributed by atoms with E-state index in [0.29, 0.717) is 21.8 Å². The first-order valence-corrected chi connectivity index (χ1v) is 9.22. The maximum absolute atomic E-state index is 13.5. The minimum atomic E-state index is -0.922. The number of nitrogens with zero attached hydrogens (tertiary/aromatic N) is 1. The van der Waals surface area contributed by atoms with Crippen LogP contribution in [0.2, 0.25) is 5.02 Å². The number of halogens is 2. The van der Waals surface area contributed by atoms with Gasteiger partial charge in [-0.15, -0.1) is 0 Å². The molecule has 1 N–H and O–H groups in total. The predicted octanol–water partition coefficient (Wildman–Crippen LogP) is 5.11. The van der Waals surface area contributed by atoms with E-state index in [0.717, 1.165) is 0 Å². The third-order valence-electron chi connectivity index (χ3n) is 4.76.